The smallest absolute Gasteiger partial charge is 0.254 e. The first kappa shape index (κ1) is 23.9. The zero-order chi connectivity index (χ0) is 24.4. The highest BCUT2D eigenvalue weighted by Gasteiger charge is 2.47. The summed E-state index contributed by atoms with van der Waals surface area (Å²) in [4.78, 5) is 29.7. The number of nitrogens with zero attached hydrogens (tertiary/aromatic N) is 1. The summed E-state index contributed by atoms with van der Waals surface area (Å²) in [6.45, 7) is 0.514. The Bertz CT molecular complexity index is 1220. The Morgan fingerprint density at radius 1 is 0.914 bits per heavy atom. The second-order valence-electron chi connectivity index (χ2n) is 9.35. The fourth-order valence-electron chi connectivity index (χ4n) is 5.57. The molecule has 3 aromatic carbocycles. The van der Waals surface area contributed by atoms with Crippen molar-refractivity contribution in [3.63, 3.8) is 0 Å². The summed E-state index contributed by atoms with van der Waals surface area (Å²) >= 11 is 12.9. The van der Waals surface area contributed by atoms with Gasteiger partial charge >= 0.3 is 0 Å². The molecular weight excluding hydrogens is 479 g/mol. The normalized spacial score (nSPS) is 20.1. The Morgan fingerprint density at radius 3 is 2.37 bits per heavy atom. The van der Waals surface area contributed by atoms with Crippen LogP contribution in [0, 0.1) is 0 Å². The maximum Gasteiger partial charge on any atom is 0.254 e. The predicted molar refractivity (Wildman–Crippen MR) is 140 cm³/mol. The van der Waals surface area contributed by atoms with E-state index in [4.69, 9.17) is 23.2 Å². The van der Waals surface area contributed by atoms with Gasteiger partial charge in [0.25, 0.3) is 5.91 Å². The number of hydrogen-bond donors (Lipinski definition) is 1. The highest BCUT2D eigenvalue weighted by atomic mass is 35.5. The van der Waals surface area contributed by atoms with Gasteiger partial charge in [-0.05, 0) is 54.2 Å². The molecule has 1 fully saturated rings. The summed E-state index contributed by atoms with van der Waals surface area (Å²) in [5, 5.41) is 4.15. The van der Waals surface area contributed by atoms with Crippen molar-refractivity contribution in [1.82, 2.24) is 10.2 Å². The number of rotatable bonds is 6. The van der Waals surface area contributed by atoms with E-state index < -0.39 is 12.0 Å². The zero-order valence-electron chi connectivity index (χ0n) is 19.4. The maximum absolute atomic E-state index is 13.9. The van der Waals surface area contributed by atoms with E-state index >= 15 is 0 Å². The molecule has 0 bridgehead atoms. The molecule has 2 amide bonds. The molecule has 1 saturated carbocycles. The summed E-state index contributed by atoms with van der Waals surface area (Å²) in [7, 11) is 0. The van der Waals surface area contributed by atoms with Crippen LogP contribution >= 0.6 is 23.2 Å². The monoisotopic (exact) mass is 506 g/mol. The van der Waals surface area contributed by atoms with Crippen LogP contribution in [-0.2, 0) is 11.2 Å². The van der Waals surface area contributed by atoms with Gasteiger partial charge in [0.2, 0.25) is 5.91 Å². The Morgan fingerprint density at radius 2 is 1.63 bits per heavy atom. The van der Waals surface area contributed by atoms with Gasteiger partial charge < -0.3 is 10.2 Å². The van der Waals surface area contributed by atoms with Crippen LogP contribution in [0.5, 0.6) is 0 Å². The zero-order valence-corrected chi connectivity index (χ0v) is 20.9. The first-order valence-corrected chi connectivity index (χ1v) is 13.0. The third-order valence-corrected chi connectivity index (χ3v) is 7.78. The van der Waals surface area contributed by atoms with Crippen LogP contribution < -0.4 is 5.32 Å². The summed E-state index contributed by atoms with van der Waals surface area (Å²) in [5.74, 6) is -0.698. The molecule has 2 atom stereocenters. The summed E-state index contributed by atoms with van der Waals surface area (Å²) < 4.78 is 0. The van der Waals surface area contributed by atoms with Crippen molar-refractivity contribution in [3.05, 3.63) is 105 Å². The topological polar surface area (TPSA) is 49.4 Å². The third kappa shape index (κ3) is 4.82. The number of nitrogens with one attached hydrogen (secondary N) is 1. The Kier molecular flexibility index (Phi) is 7.12. The van der Waals surface area contributed by atoms with Crippen molar-refractivity contribution in [2.75, 3.05) is 6.54 Å². The van der Waals surface area contributed by atoms with E-state index in [1.807, 2.05) is 53.4 Å². The minimum Gasteiger partial charge on any atom is -0.355 e. The average Bonchev–Trinajstić information content (AvgIpc) is 3.39. The maximum atomic E-state index is 13.9. The highest BCUT2D eigenvalue weighted by Crippen LogP contribution is 2.47. The standard InChI is InChI=1S/C29H28Cl2N2O2/c30-20-14-15-24(25(31)18-20)27-26(28(34)32-17-16-19-8-2-1-3-9-19)22-12-6-7-13-23(22)29(35)33(27)21-10-4-5-11-21/h1-3,6-9,12-15,18,21,26-27H,4-5,10-11,16-17H2,(H,32,34)/t26-,27+/m1/s1. The predicted octanol–water partition coefficient (Wildman–Crippen LogP) is 6.58. The molecule has 5 rings (SSSR count). The van der Waals surface area contributed by atoms with E-state index in [1.165, 1.54) is 0 Å². The fraction of sp³-hybridized carbons (Fsp3) is 0.310. The molecule has 0 unspecified atom stereocenters. The lowest BCUT2D eigenvalue weighted by molar-refractivity contribution is -0.124. The van der Waals surface area contributed by atoms with E-state index in [9.17, 15) is 9.59 Å². The number of carbonyl (C=O) groups is 2. The molecule has 1 aliphatic carbocycles. The number of halogens is 2. The largest absolute Gasteiger partial charge is 0.355 e. The van der Waals surface area contributed by atoms with Crippen molar-refractivity contribution in [2.45, 2.75) is 50.1 Å². The number of benzene rings is 3. The molecule has 1 aliphatic heterocycles. The van der Waals surface area contributed by atoms with Crippen LogP contribution in [0.1, 0.15) is 64.7 Å². The molecular formula is C29H28Cl2N2O2. The van der Waals surface area contributed by atoms with Gasteiger partial charge in [-0.2, -0.15) is 0 Å². The summed E-state index contributed by atoms with van der Waals surface area (Å²) in [6.07, 6.45) is 4.74. The molecule has 1 N–H and O–H groups in total. The van der Waals surface area contributed by atoms with Crippen molar-refractivity contribution < 1.29 is 9.59 Å². The first-order chi connectivity index (χ1) is 17.0. The van der Waals surface area contributed by atoms with Gasteiger partial charge in [0, 0.05) is 28.2 Å². The lowest BCUT2D eigenvalue weighted by Gasteiger charge is -2.45. The molecule has 180 valence electrons. The van der Waals surface area contributed by atoms with Gasteiger partial charge in [-0.3, -0.25) is 9.59 Å². The molecule has 4 nitrogen and oxygen atoms in total. The van der Waals surface area contributed by atoms with Gasteiger partial charge in [-0.25, -0.2) is 0 Å². The summed E-state index contributed by atoms with van der Waals surface area (Å²) in [5.41, 5.74) is 3.27. The van der Waals surface area contributed by atoms with E-state index in [1.54, 1.807) is 12.1 Å². The van der Waals surface area contributed by atoms with Gasteiger partial charge in [0.15, 0.2) is 0 Å². The third-order valence-electron chi connectivity index (χ3n) is 7.21. The van der Waals surface area contributed by atoms with Crippen molar-refractivity contribution in [3.8, 4) is 0 Å². The molecule has 3 aromatic rings. The quantitative estimate of drug-likeness (QED) is 0.410. The molecule has 0 aromatic heterocycles. The lowest BCUT2D eigenvalue weighted by Crippen LogP contribution is -2.51. The van der Waals surface area contributed by atoms with Crippen LogP contribution in [0.3, 0.4) is 0 Å². The van der Waals surface area contributed by atoms with E-state index in [0.29, 0.717) is 22.2 Å². The SMILES string of the molecule is O=C(NCCc1ccccc1)[C@@H]1c2ccccc2C(=O)N(C2CCCC2)[C@H]1c1ccc(Cl)cc1Cl. The van der Waals surface area contributed by atoms with Crippen molar-refractivity contribution in [2.24, 2.45) is 0 Å². The van der Waals surface area contributed by atoms with Gasteiger partial charge in [0.05, 0.1) is 12.0 Å². The van der Waals surface area contributed by atoms with Crippen LogP contribution in [0.2, 0.25) is 10.0 Å². The molecule has 0 radical (unpaired) electrons. The molecule has 6 heteroatoms. The first-order valence-electron chi connectivity index (χ1n) is 12.2. The number of fused-ring (bicyclic) bond motifs is 1. The Balaban J connectivity index is 1.55. The molecule has 0 spiro atoms. The minimum absolute atomic E-state index is 0.0307. The van der Waals surface area contributed by atoms with E-state index in [0.717, 1.165) is 48.8 Å². The number of amides is 2. The molecule has 35 heavy (non-hydrogen) atoms. The average molecular weight is 507 g/mol. The second-order valence-corrected chi connectivity index (χ2v) is 10.2. The van der Waals surface area contributed by atoms with Crippen molar-refractivity contribution >= 4 is 35.0 Å². The second kappa shape index (κ2) is 10.4. The van der Waals surface area contributed by atoms with Gasteiger partial charge in [-0.1, -0.05) is 90.6 Å². The van der Waals surface area contributed by atoms with Crippen LogP contribution in [0.4, 0.5) is 0 Å². The van der Waals surface area contributed by atoms with Crippen LogP contribution in [0.25, 0.3) is 0 Å². The highest BCUT2D eigenvalue weighted by molar-refractivity contribution is 6.35. The lowest BCUT2D eigenvalue weighted by atomic mass is 9.78. The fourth-order valence-corrected chi connectivity index (χ4v) is 6.09. The minimum atomic E-state index is -0.570. The molecule has 1 heterocycles. The number of hydrogen-bond acceptors (Lipinski definition) is 2. The van der Waals surface area contributed by atoms with E-state index in [-0.39, 0.29) is 17.9 Å². The van der Waals surface area contributed by atoms with Gasteiger partial charge in [-0.15, -0.1) is 0 Å². The summed E-state index contributed by atoms with van der Waals surface area (Å²) in [6, 6.07) is 22.5. The van der Waals surface area contributed by atoms with Crippen LogP contribution in [0.15, 0.2) is 72.8 Å². The number of carbonyl (C=O) groups excluding carboxylic acids is 2. The van der Waals surface area contributed by atoms with E-state index in [2.05, 4.69) is 17.4 Å². The van der Waals surface area contributed by atoms with Gasteiger partial charge in [0.1, 0.15) is 0 Å². The van der Waals surface area contributed by atoms with Crippen LogP contribution in [-0.4, -0.2) is 29.3 Å². The van der Waals surface area contributed by atoms with Crippen molar-refractivity contribution in [1.29, 1.82) is 0 Å². The Labute approximate surface area is 216 Å². The molecule has 2 aliphatic rings. The molecule has 0 saturated heterocycles. The Hall–Kier alpha value is -2.82.